The van der Waals surface area contributed by atoms with Gasteiger partial charge in [0, 0.05) is 24.6 Å². The Balaban J connectivity index is 1.48. The summed E-state index contributed by atoms with van der Waals surface area (Å²) in [5, 5.41) is 13.4. The van der Waals surface area contributed by atoms with E-state index >= 15 is 0 Å². The molecule has 0 aliphatic heterocycles. The van der Waals surface area contributed by atoms with Gasteiger partial charge in [-0.05, 0) is 55.7 Å². The highest BCUT2D eigenvalue weighted by atomic mass is 35.5. The van der Waals surface area contributed by atoms with Crippen molar-refractivity contribution in [1.29, 1.82) is 0 Å². The first-order chi connectivity index (χ1) is 15.2. The maximum atomic E-state index is 13.4. The van der Waals surface area contributed by atoms with E-state index in [9.17, 15) is 19.1 Å². The van der Waals surface area contributed by atoms with Gasteiger partial charge >= 0.3 is 5.97 Å². The maximum Gasteiger partial charge on any atom is 0.384 e. The van der Waals surface area contributed by atoms with Gasteiger partial charge in [0.15, 0.2) is 0 Å². The van der Waals surface area contributed by atoms with Crippen molar-refractivity contribution in [3.05, 3.63) is 46.8 Å². The Morgan fingerprint density at radius 3 is 2.66 bits per heavy atom. The second-order valence-electron chi connectivity index (χ2n) is 8.54. The number of amides is 1. The number of hydrogen-bond acceptors (Lipinski definition) is 5. The summed E-state index contributed by atoms with van der Waals surface area (Å²) < 4.78 is 19.6. The number of carbonyl (C=O) groups is 2. The topological polar surface area (TPSA) is 93.4 Å². The van der Waals surface area contributed by atoms with Crippen LogP contribution in [0.15, 0.2) is 24.5 Å². The Morgan fingerprint density at radius 1 is 1.34 bits per heavy atom. The first-order valence-corrected chi connectivity index (χ1v) is 10.7. The number of aliphatic hydroxyl groups is 1. The number of imidazole rings is 1. The number of aryl methyl sites for hydroxylation is 1. The van der Waals surface area contributed by atoms with Crippen LogP contribution in [0.1, 0.15) is 47.8 Å². The molecule has 1 aromatic heterocycles. The molecule has 2 atom stereocenters. The molecule has 2 aliphatic rings. The maximum absolute atomic E-state index is 13.4. The van der Waals surface area contributed by atoms with Crippen molar-refractivity contribution < 1.29 is 23.8 Å². The van der Waals surface area contributed by atoms with Crippen LogP contribution in [0.2, 0.25) is 5.02 Å². The van der Waals surface area contributed by atoms with E-state index in [0.29, 0.717) is 29.9 Å². The van der Waals surface area contributed by atoms with Gasteiger partial charge in [0.05, 0.1) is 24.2 Å². The fraction of sp³-hybridized carbons (Fsp3) is 0.435. The lowest BCUT2D eigenvalue weighted by Crippen LogP contribution is -2.24. The van der Waals surface area contributed by atoms with E-state index in [1.807, 2.05) is 0 Å². The second-order valence-corrected chi connectivity index (χ2v) is 8.95. The van der Waals surface area contributed by atoms with Crippen LogP contribution in [0.4, 0.5) is 10.1 Å². The minimum Gasteiger partial charge on any atom is -0.459 e. The molecule has 1 amide bonds. The average Bonchev–Trinajstić information content (AvgIpc) is 3.40. The van der Waals surface area contributed by atoms with Gasteiger partial charge in [-0.3, -0.25) is 4.79 Å². The summed E-state index contributed by atoms with van der Waals surface area (Å²) in [4.78, 5) is 28.8. The Morgan fingerprint density at radius 2 is 2.03 bits per heavy atom. The number of benzene rings is 1. The van der Waals surface area contributed by atoms with Crippen molar-refractivity contribution >= 4 is 29.2 Å². The molecule has 0 radical (unpaired) electrons. The summed E-state index contributed by atoms with van der Waals surface area (Å²) in [5.74, 6) is 3.97. The normalized spacial score (nSPS) is 26.2. The summed E-state index contributed by atoms with van der Waals surface area (Å²) in [7, 11) is 3.00. The Bertz CT molecular complexity index is 1120. The molecular weight excluding hydrogens is 437 g/mol. The first-order valence-electron chi connectivity index (χ1n) is 10.3. The molecule has 32 heavy (non-hydrogen) atoms. The van der Waals surface area contributed by atoms with Gasteiger partial charge < -0.3 is 19.7 Å². The number of fused-ring (bicyclic) bond motifs is 1. The third-order valence-corrected chi connectivity index (χ3v) is 6.66. The standard InChI is InChI=1S/C23H23ClFN3O4/c1-28-12-26-20(21(28)22(30)27-16-3-4-18(25)17(24)9-16)13-7-14-10-23(31,11-15(14)8-13)6-5-19(29)32-2/h3-4,9,12-15,31H,7-8,10-11H2,1-2H3,(H,27,30). The lowest BCUT2D eigenvalue weighted by molar-refractivity contribution is -0.133. The van der Waals surface area contributed by atoms with Gasteiger partial charge in [0.25, 0.3) is 5.91 Å². The van der Waals surface area contributed by atoms with Gasteiger partial charge in [0.2, 0.25) is 0 Å². The summed E-state index contributed by atoms with van der Waals surface area (Å²) in [6, 6.07) is 4.01. The zero-order valence-corrected chi connectivity index (χ0v) is 18.4. The minimum absolute atomic E-state index is 0.0700. The highest BCUT2D eigenvalue weighted by molar-refractivity contribution is 6.31. The third-order valence-electron chi connectivity index (χ3n) is 6.37. The number of nitrogens with one attached hydrogen (secondary N) is 1. The molecule has 2 aromatic rings. The molecule has 2 saturated carbocycles. The van der Waals surface area contributed by atoms with Gasteiger partial charge in [-0.15, -0.1) is 0 Å². The van der Waals surface area contributed by atoms with Crippen molar-refractivity contribution in [2.45, 2.75) is 37.2 Å². The highest BCUT2D eigenvalue weighted by Crippen LogP contribution is 2.53. The summed E-state index contributed by atoms with van der Waals surface area (Å²) >= 11 is 5.81. The van der Waals surface area contributed by atoms with E-state index in [2.05, 4.69) is 26.9 Å². The van der Waals surface area contributed by atoms with Crippen LogP contribution in [0.25, 0.3) is 0 Å². The molecule has 0 bridgehead atoms. The lowest BCUT2D eigenvalue weighted by atomic mass is 9.92. The fourth-order valence-electron chi connectivity index (χ4n) is 4.99. The molecule has 168 valence electrons. The van der Waals surface area contributed by atoms with E-state index in [1.165, 1.54) is 25.3 Å². The Hall–Kier alpha value is -2.89. The number of nitrogens with zero attached hydrogens (tertiary/aromatic N) is 2. The number of hydrogen-bond donors (Lipinski definition) is 2. The average molecular weight is 460 g/mol. The smallest absolute Gasteiger partial charge is 0.384 e. The number of carbonyl (C=O) groups excluding carboxylic acids is 2. The van der Waals surface area contributed by atoms with Crippen molar-refractivity contribution in [2.75, 3.05) is 12.4 Å². The molecule has 2 fully saturated rings. The SMILES string of the molecule is COC(=O)C#CC1(O)CC2CC(c3ncn(C)c3C(=O)Nc3ccc(F)c(Cl)c3)CC2C1. The molecule has 0 saturated heterocycles. The van der Waals surface area contributed by atoms with Crippen LogP contribution in [-0.4, -0.2) is 39.2 Å². The van der Waals surface area contributed by atoms with Crippen molar-refractivity contribution in [3.63, 3.8) is 0 Å². The van der Waals surface area contributed by atoms with Crippen molar-refractivity contribution in [1.82, 2.24) is 9.55 Å². The molecule has 2 aliphatic carbocycles. The van der Waals surface area contributed by atoms with Gasteiger partial charge in [0.1, 0.15) is 17.1 Å². The van der Waals surface area contributed by atoms with E-state index in [0.717, 1.165) is 12.8 Å². The lowest BCUT2D eigenvalue weighted by Gasteiger charge is -2.18. The molecule has 0 spiro atoms. The number of aromatic nitrogens is 2. The molecule has 2 N–H and O–H groups in total. The third kappa shape index (κ3) is 4.36. The zero-order valence-electron chi connectivity index (χ0n) is 17.7. The van der Waals surface area contributed by atoms with Crippen molar-refractivity contribution in [2.24, 2.45) is 18.9 Å². The van der Waals surface area contributed by atoms with Crippen LogP contribution < -0.4 is 5.32 Å². The summed E-state index contributed by atoms with van der Waals surface area (Å²) in [6.45, 7) is 0. The number of methoxy groups -OCH3 is 1. The first kappa shape index (κ1) is 22.3. The number of esters is 1. The predicted molar refractivity (Wildman–Crippen MR) is 116 cm³/mol. The monoisotopic (exact) mass is 459 g/mol. The van der Waals surface area contributed by atoms with Crippen LogP contribution in [0.3, 0.4) is 0 Å². The van der Waals surface area contributed by atoms with Gasteiger partial charge in [-0.25, -0.2) is 14.2 Å². The molecule has 1 heterocycles. The van der Waals surface area contributed by atoms with E-state index in [4.69, 9.17) is 11.6 Å². The predicted octanol–water partition coefficient (Wildman–Crippen LogP) is 3.28. The Kier molecular flexibility index (Phi) is 5.97. The number of rotatable bonds is 3. The second kappa shape index (κ2) is 8.57. The van der Waals surface area contributed by atoms with Crippen LogP contribution >= 0.6 is 11.6 Å². The molecule has 4 rings (SSSR count). The molecule has 1 aromatic carbocycles. The Labute approximate surface area is 189 Å². The van der Waals surface area contributed by atoms with Gasteiger partial charge in [-0.1, -0.05) is 17.5 Å². The highest BCUT2D eigenvalue weighted by Gasteiger charge is 2.49. The molecule has 7 nitrogen and oxygen atoms in total. The van der Waals surface area contributed by atoms with Crippen molar-refractivity contribution in [3.8, 4) is 11.8 Å². The quantitative estimate of drug-likeness (QED) is 0.417. The minimum atomic E-state index is -1.19. The molecular formula is C23H23ClFN3O4. The van der Waals surface area contributed by atoms with Crippen LogP contribution in [-0.2, 0) is 16.6 Å². The molecule has 2 unspecified atom stereocenters. The zero-order chi connectivity index (χ0) is 23.0. The summed E-state index contributed by atoms with van der Waals surface area (Å²) in [6.07, 6.45) is 4.09. The van der Waals surface area contributed by atoms with E-state index in [-0.39, 0.29) is 28.7 Å². The summed E-state index contributed by atoms with van der Waals surface area (Å²) in [5.41, 5.74) is 0.347. The van der Waals surface area contributed by atoms with E-state index in [1.54, 1.807) is 17.9 Å². The number of ether oxygens (including phenoxy) is 1. The van der Waals surface area contributed by atoms with Gasteiger partial charge in [-0.2, -0.15) is 0 Å². The number of halogens is 2. The molecule has 9 heteroatoms. The fourth-order valence-corrected chi connectivity index (χ4v) is 5.17. The van der Waals surface area contributed by atoms with Crippen LogP contribution in [0.5, 0.6) is 0 Å². The van der Waals surface area contributed by atoms with Crippen LogP contribution in [0, 0.1) is 29.5 Å². The largest absolute Gasteiger partial charge is 0.459 e. The van der Waals surface area contributed by atoms with E-state index < -0.39 is 17.4 Å². The number of anilines is 1.